The summed E-state index contributed by atoms with van der Waals surface area (Å²) in [6, 6.07) is 15.1. The number of β-amino-alcohol motifs (C(OH)–C–C–N with tert-alkyl or cyclic N) is 1. The van der Waals surface area contributed by atoms with E-state index in [4.69, 9.17) is 4.74 Å². The minimum Gasteiger partial charge on any atom is -0.480 e. The van der Waals surface area contributed by atoms with Crippen LogP contribution in [0.15, 0.2) is 48.5 Å². The second-order valence-corrected chi connectivity index (χ2v) is 10.4. The van der Waals surface area contributed by atoms with Gasteiger partial charge in [0.05, 0.1) is 11.5 Å². The standard InChI is InChI=1S/C27H28N2O6/c30-17-10-23(24(31)32)29(13-17)25(33)27-11-15(27)9-16(12-27)28-26(34)35-14-22-20-7-3-1-5-18(20)19-6-2-4-8-21(19)22/h1-8,15-17,22-23,30H,9-14H2,(H,28,34)(H,31,32)/t15-,16+,17?,23+,27+/m1/s1. The molecule has 0 spiro atoms. The van der Waals surface area contributed by atoms with Crippen molar-refractivity contribution in [3.8, 4) is 11.1 Å². The first kappa shape index (κ1) is 22.1. The summed E-state index contributed by atoms with van der Waals surface area (Å²) in [5.41, 5.74) is 4.00. The summed E-state index contributed by atoms with van der Waals surface area (Å²) >= 11 is 0. The van der Waals surface area contributed by atoms with Crippen molar-refractivity contribution in [2.24, 2.45) is 11.3 Å². The van der Waals surface area contributed by atoms with Crippen molar-refractivity contribution in [2.75, 3.05) is 13.2 Å². The van der Waals surface area contributed by atoms with Crippen molar-refractivity contribution in [3.05, 3.63) is 59.7 Å². The molecule has 2 aromatic rings. The van der Waals surface area contributed by atoms with Crippen molar-refractivity contribution >= 4 is 18.0 Å². The topological polar surface area (TPSA) is 116 Å². The summed E-state index contributed by atoms with van der Waals surface area (Å²) in [7, 11) is 0. The maximum Gasteiger partial charge on any atom is 0.407 e. The molecule has 3 N–H and O–H groups in total. The zero-order valence-electron chi connectivity index (χ0n) is 19.2. The molecular formula is C27H28N2O6. The van der Waals surface area contributed by atoms with Gasteiger partial charge in [-0.05, 0) is 47.4 Å². The molecule has 6 rings (SSSR count). The molecule has 5 atom stereocenters. The summed E-state index contributed by atoms with van der Waals surface area (Å²) in [5.74, 6) is -1.19. The smallest absolute Gasteiger partial charge is 0.407 e. The molecule has 3 aliphatic carbocycles. The number of carbonyl (C=O) groups excluding carboxylic acids is 2. The van der Waals surface area contributed by atoms with Gasteiger partial charge in [-0.2, -0.15) is 0 Å². The van der Waals surface area contributed by atoms with Gasteiger partial charge < -0.3 is 25.2 Å². The largest absolute Gasteiger partial charge is 0.480 e. The summed E-state index contributed by atoms with van der Waals surface area (Å²) in [4.78, 5) is 38.8. The van der Waals surface area contributed by atoms with Crippen molar-refractivity contribution < 1.29 is 29.3 Å². The first-order valence-electron chi connectivity index (χ1n) is 12.2. The lowest BCUT2D eigenvalue weighted by Gasteiger charge is -2.26. The number of aliphatic hydroxyl groups is 1. The molecule has 4 aliphatic rings. The molecule has 1 unspecified atom stereocenters. The minimum absolute atomic E-state index is 0.0207. The number of carbonyl (C=O) groups is 3. The molecule has 2 aromatic carbocycles. The van der Waals surface area contributed by atoms with E-state index < -0.39 is 29.6 Å². The molecular weight excluding hydrogens is 448 g/mol. The Balaban J connectivity index is 1.08. The van der Waals surface area contributed by atoms with Crippen LogP contribution >= 0.6 is 0 Å². The summed E-state index contributed by atoms with van der Waals surface area (Å²) in [5, 5.41) is 22.3. The molecule has 2 saturated carbocycles. The Hall–Kier alpha value is -3.39. The molecule has 182 valence electrons. The number of carboxylic acid groups (broad SMARTS) is 1. The summed E-state index contributed by atoms with van der Waals surface area (Å²) in [6.07, 6.45) is 0.589. The number of carboxylic acids is 1. The predicted octanol–water partition coefficient (Wildman–Crippen LogP) is 2.74. The fourth-order valence-electron chi connectivity index (χ4n) is 6.63. The molecule has 0 radical (unpaired) electrons. The lowest BCUT2D eigenvalue weighted by Crippen LogP contribution is -2.45. The first-order chi connectivity index (χ1) is 16.9. The molecule has 3 fully saturated rings. The second kappa shape index (κ2) is 8.09. The first-order valence-corrected chi connectivity index (χ1v) is 12.2. The van der Waals surface area contributed by atoms with Gasteiger partial charge in [-0.15, -0.1) is 0 Å². The van der Waals surface area contributed by atoms with Gasteiger partial charge >= 0.3 is 12.1 Å². The van der Waals surface area contributed by atoms with Gasteiger partial charge in [0.25, 0.3) is 0 Å². The lowest BCUT2D eigenvalue weighted by atomic mass is 9.98. The zero-order chi connectivity index (χ0) is 24.3. The number of benzene rings is 2. The molecule has 1 aliphatic heterocycles. The fourth-order valence-corrected chi connectivity index (χ4v) is 6.63. The number of alkyl carbamates (subject to hydrolysis) is 1. The molecule has 8 nitrogen and oxygen atoms in total. The van der Waals surface area contributed by atoms with Gasteiger partial charge in [0.1, 0.15) is 12.6 Å². The van der Waals surface area contributed by atoms with E-state index in [-0.39, 0.29) is 43.4 Å². The van der Waals surface area contributed by atoms with Crippen LogP contribution in [0.4, 0.5) is 4.79 Å². The van der Waals surface area contributed by atoms with Crippen LogP contribution < -0.4 is 5.32 Å². The number of rotatable bonds is 5. The normalized spacial score (nSPS) is 30.4. The number of hydrogen-bond donors (Lipinski definition) is 3. The van der Waals surface area contributed by atoms with Crippen LogP contribution in [0.5, 0.6) is 0 Å². The number of aliphatic carboxylic acids is 1. The van der Waals surface area contributed by atoms with E-state index in [1.807, 2.05) is 24.3 Å². The van der Waals surface area contributed by atoms with Gasteiger partial charge in [0, 0.05) is 24.9 Å². The van der Waals surface area contributed by atoms with Gasteiger partial charge in [0.2, 0.25) is 5.91 Å². The van der Waals surface area contributed by atoms with Crippen LogP contribution in [0.3, 0.4) is 0 Å². The van der Waals surface area contributed by atoms with Crippen molar-refractivity contribution in [2.45, 2.75) is 49.8 Å². The fraction of sp³-hybridized carbons (Fsp3) is 0.444. The highest BCUT2D eigenvalue weighted by Gasteiger charge is 2.67. The van der Waals surface area contributed by atoms with Crippen LogP contribution in [0.1, 0.15) is 42.7 Å². The number of ether oxygens (including phenoxy) is 1. The van der Waals surface area contributed by atoms with Gasteiger partial charge in [-0.25, -0.2) is 9.59 Å². The third-order valence-corrected chi connectivity index (χ3v) is 8.33. The Labute approximate surface area is 202 Å². The van der Waals surface area contributed by atoms with E-state index in [0.29, 0.717) is 19.3 Å². The Morgan fingerprint density at radius 1 is 1.00 bits per heavy atom. The van der Waals surface area contributed by atoms with Crippen molar-refractivity contribution in [1.29, 1.82) is 0 Å². The number of likely N-dealkylation sites (tertiary alicyclic amines) is 1. The number of fused-ring (bicyclic) bond motifs is 4. The highest BCUT2D eigenvalue weighted by molar-refractivity contribution is 5.91. The molecule has 0 bridgehead atoms. The van der Waals surface area contributed by atoms with E-state index in [1.54, 1.807) is 0 Å². The third-order valence-electron chi connectivity index (χ3n) is 8.33. The third kappa shape index (κ3) is 3.58. The maximum absolute atomic E-state index is 13.2. The minimum atomic E-state index is -1.09. The number of aliphatic hydroxyl groups excluding tert-OH is 1. The van der Waals surface area contributed by atoms with Crippen molar-refractivity contribution in [1.82, 2.24) is 10.2 Å². The molecule has 1 saturated heterocycles. The predicted molar refractivity (Wildman–Crippen MR) is 126 cm³/mol. The Morgan fingerprint density at radius 3 is 2.31 bits per heavy atom. The summed E-state index contributed by atoms with van der Waals surface area (Å²) < 4.78 is 5.65. The Kier molecular flexibility index (Phi) is 5.11. The zero-order valence-corrected chi connectivity index (χ0v) is 19.2. The maximum atomic E-state index is 13.2. The molecule has 35 heavy (non-hydrogen) atoms. The molecule has 2 amide bonds. The van der Waals surface area contributed by atoms with Crippen LogP contribution in [-0.4, -0.2) is 64.4 Å². The summed E-state index contributed by atoms with van der Waals surface area (Å²) in [6.45, 7) is 0.279. The highest BCUT2D eigenvalue weighted by Crippen LogP contribution is 2.64. The average Bonchev–Trinajstić information content (AvgIpc) is 3.13. The highest BCUT2D eigenvalue weighted by atomic mass is 16.5. The molecule has 0 aromatic heterocycles. The Morgan fingerprint density at radius 2 is 1.66 bits per heavy atom. The number of nitrogens with zero attached hydrogens (tertiary/aromatic N) is 1. The second-order valence-electron chi connectivity index (χ2n) is 10.4. The van der Waals surface area contributed by atoms with E-state index in [2.05, 4.69) is 29.6 Å². The Bertz CT molecular complexity index is 1170. The molecule has 8 heteroatoms. The number of nitrogens with one attached hydrogen (secondary N) is 1. The lowest BCUT2D eigenvalue weighted by molar-refractivity contribution is -0.150. The van der Waals surface area contributed by atoms with E-state index >= 15 is 0 Å². The SMILES string of the molecule is O=C(N[C@H]1C[C@@H]2C[C@]2(C(=O)N2CC(O)C[C@H]2C(=O)O)C1)OCC1c2ccccc2-c2ccccc21. The number of hydrogen-bond acceptors (Lipinski definition) is 5. The quantitative estimate of drug-likeness (QED) is 0.611. The van der Waals surface area contributed by atoms with Gasteiger partial charge in [-0.1, -0.05) is 48.5 Å². The van der Waals surface area contributed by atoms with Gasteiger partial charge in [0.15, 0.2) is 0 Å². The average molecular weight is 477 g/mol. The number of amides is 2. The molecule has 1 heterocycles. The van der Waals surface area contributed by atoms with Crippen LogP contribution in [-0.2, 0) is 14.3 Å². The van der Waals surface area contributed by atoms with Crippen LogP contribution in [0.25, 0.3) is 11.1 Å². The van der Waals surface area contributed by atoms with Crippen LogP contribution in [0, 0.1) is 11.3 Å². The van der Waals surface area contributed by atoms with E-state index in [9.17, 15) is 24.6 Å². The van der Waals surface area contributed by atoms with Gasteiger partial charge in [-0.3, -0.25) is 4.79 Å². The van der Waals surface area contributed by atoms with Crippen molar-refractivity contribution in [3.63, 3.8) is 0 Å². The van der Waals surface area contributed by atoms with E-state index in [1.165, 1.54) is 16.0 Å². The van der Waals surface area contributed by atoms with E-state index in [0.717, 1.165) is 11.1 Å². The monoisotopic (exact) mass is 476 g/mol. The van der Waals surface area contributed by atoms with Crippen LogP contribution in [0.2, 0.25) is 0 Å².